The van der Waals surface area contributed by atoms with Gasteiger partial charge in [-0.2, -0.15) is 0 Å². The van der Waals surface area contributed by atoms with Gasteiger partial charge in [0.2, 0.25) is 0 Å². The summed E-state index contributed by atoms with van der Waals surface area (Å²) < 4.78 is 27.4. The average molecular weight is 446 g/mol. The number of hydrogen-bond acceptors (Lipinski definition) is 5. The van der Waals surface area contributed by atoms with Gasteiger partial charge in [-0.15, -0.1) is 0 Å². The lowest BCUT2D eigenvalue weighted by Crippen LogP contribution is -2.14. The third kappa shape index (κ3) is 4.76. The summed E-state index contributed by atoms with van der Waals surface area (Å²) in [5, 5.41) is 13.8. The van der Waals surface area contributed by atoms with E-state index in [-0.39, 0.29) is 26.9 Å². The third-order valence-electron chi connectivity index (χ3n) is 4.20. The van der Waals surface area contributed by atoms with Crippen LogP contribution in [0.5, 0.6) is 0 Å². The van der Waals surface area contributed by atoms with E-state index in [1.54, 1.807) is 31.2 Å². The Bertz CT molecular complexity index is 1230. The molecule has 0 heterocycles. The molecule has 0 aromatic heterocycles. The summed E-state index contributed by atoms with van der Waals surface area (Å²) in [5.74, 6) is -0.474. The Labute approximate surface area is 177 Å². The number of benzene rings is 3. The fourth-order valence-electron chi connectivity index (χ4n) is 2.67. The molecule has 3 aromatic rings. The van der Waals surface area contributed by atoms with Gasteiger partial charge < -0.3 is 5.32 Å². The molecule has 8 nitrogen and oxygen atoms in total. The van der Waals surface area contributed by atoms with Gasteiger partial charge in [-0.3, -0.25) is 19.6 Å². The van der Waals surface area contributed by atoms with Crippen molar-refractivity contribution in [3.05, 3.63) is 93.0 Å². The van der Waals surface area contributed by atoms with E-state index in [1.165, 1.54) is 42.5 Å². The number of carbonyl (C=O) groups excluding carboxylic acids is 1. The first-order valence-corrected chi connectivity index (χ1v) is 10.5. The fourth-order valence-corrected chi connectivity index (χ4v) is 3.99. The second-order valence-electron chi connectivity index (χ2n) is 6.32. The molecule has 0 aliphatic carbocycles. The Hall–Kier alpha value is -3.43. The van der Waals surface area contributed by atoms with Crippen molar-refractivity contribution in [2.75, 3.05) is 10.0 Å². The summed E-state index contributed by atoms with van der Waals surface area (Å²) in [6, 6.07) is 16.1. The van der Waals surface area contributed by atoms with E-state index in [0.29, 0.717) is 11.3 Å². The van der Waals surface area contributed by atoms with Gasteiger partial charge in [-0.25, -0.2) is 8.42 Å². The molecule has 0 radical (unpaired) electrons. The minimum absolute atomic E-state index is 0.00778. The number of nitrogens with zero attached hydrogens (tertiary/aromatic N) is 1. The van der Waals surface area contributed by atoms with Gasteiger partial charge in [-0.05, 0) is 55.5 Å². The highest BCUT2D eigenvalue weighted by atomic mass is 35.5. The molecule has 0 fully saturated rings. The number of carbonyl (C=O) groups is 1. The summed E-state index contributed by atoms with van der Waals surface area (Å²) in [5.41, 5.74) is 1.15. The Morgan fingerprint density at radius 3 is 2.30 bits per heavy atom. The largest absolute Gasteiger partial charge is 0.322 e. The lowest BCUT2D eigenvalue weighted by molar-refractivity contribution is -0.385. The molecule has 154 valence electrons. The first-order chi connectivity index (χ1) is 14.2. The highest BCUT2D eigenvalue weighted by Crippen LogP contribution is 2.25. The van der Waals surface area contributed by atoms with Crippen LogP contribution in [0, 0.1) is 17.0 Å². The normalized spacial score (nSPS) is 11.0. The van der Waals surface area contributed by atoms with Crippen LogP contribution in [0.4, 0.5) is 17.1 Å². The second-order valence-corrected chi connectivity index (χ2v) is 8.41. The van der Waals surface area contributed by atoms with Gasteiger partial charge in [0.25, 0.3) is 21.6 Å². The van der Waals surface area contributed by atoms with Crippen molar-refractivity contribution in [3.63, 3.8) is 0 Å². The van der Waals surface area contributed by atoms with Gasteiger partial charge in [0.05, 0.1) is 20.5 Å². The Kier molecular flexibility index (Phi) is 6.04. The zero-order valence-corrected chi connectivity index (χ0v) is 17.2. The van der Waals surface area contributed by atoms with E-state index in [9.17, 15) is 23.3 Å². The number of nitro benzene ring substituents is 1. The maximum atomic E-state index is 12.5. The fraction of sp³-hybridized carbons (Fsp3) is 0.0500. The Morgan fingerprint density at radius 2 is 1.70 bits per heavy atom. The van der Waals surface area contributed by atoms with Gasteiger partial charge in [-0.1, -0.05) is 23.7 Å². The molecule has 0 bridgehead atoms. The van der Waals surface area contributed by atoms with Crippen molar-refractivity contribution in [2.24, 2.45) is 0 Å². The molecule has 3 rings (SSSR count). The standard InChI is InChI=1S/C20H16ClN3O5S/c1-13-12-14(6-11-19(13)24(26)27)20(25)22-15-7-9-16(10-8-15)30(28,29)23-18-5-3-2-4-17(18)21/h2-12,23H,1H3,(H,22,25). The number of halogens is 1. The monoisotopic (exact) mass is 445 g/mol. The smallest absolute Gasteiger partial charge is 0.272 e. The highest BCUT2D eigenvalue weighted by molar-refractivity contribution is 7.92. The van der Waals surface area contributed by atoms with Crippen LogP contribution in [-0.2, 0) is 10.0 Å². The van der Waals surface area contributed by atoms with Crippen LogP contribution in [0.3, 0.4) is 0 Å². The number of hydrogen-bond donors (Lipinski definition) is 2. The lowest BCUT2D eigenvalue weighted by atomic mass is 10.1. The summed E-state index contributed by atoms with van der Waals surface area (Å²) >= 11 is 5.98. The SMILES string of the molecule is Cc1cc(C(=O)Nc2ccc(S(=O)(=O)Nc3ccccc3Cl)cc2)ccc1[N+](=O)[O-]. The summed E-state index contributed by atoms with van der Waals surface area (Å²) in [6.45, 7) is 1.54. The second kappa shape index (κ2) is 8.52. The van der Waals surface area contributed by atoms with E-state index >= 15 is 0 Å². The first-order valence-electron chi connectivity index (χ1n) is 8.61. The first kappa shape index (κ1) is 21.3. The molecule has 30 heavy (non-hydrogen) atoms. The zero-order valence-electron chi connectivity index (χ0n) is 15.6. The molecule has 0 saturated carbocycles. The lowest BCUT2D eigenvalue weighted by Gasteiger charge is -2.11. The van der Waals surface area contributed by atoms with Crippen LogP contribution >= 0.6 is 11.6 Å². The third-order valence-corrected chi connectivity index (χ3v) is 5.91. The van der Waals surface area contributed by atoms with Crippen LogP contribution in [0.1, 0.15) is 15.9 Å². The Morgan fingerprint density at radius 1 is 1.03 bits per heavy atom. The van der Waals surface area contributed by atoms with E-state index in [1.807, 2.05) is 0 Å². The van der Waals surface area contributed by atoms with Crippen molar-refractivity contribution in [1.29, 1.82) is 0 Å². The number of amides is 1. The molecule has 0 saturated heterocycles. The summed E-state index contributed by atoms with van der Waals surface area (Å²) in [7, 11) is -3.86. The predicted octanol–water partition coefficient (Wildman–Crippen LogP) is 4.61. The topological polar surface area (TPSA) is 118 Å². The maximum absolute atomic E-state index is 12.5. The zero-order chi connectivity index (χ0) is 21.9. The maximum Gasteiger partial charge on any atom is 0.272 e. The van der Waals surface area contributed by atoms with Gasteiger partial charge >= 0.3 is 0 Å². The molecule has 1 amide bonds. The number of aryl methyl sites for hydroxylation is 1. The number of anilines is 2. The minimum Gasteiger partial charge on any atom is -0.322 e. The van der Waals surface area contributed by atoms with Crippen molar-refractivity contribution in [2.45, 2.75) is 11.8 Å². The number of nitro groups is 1. The van der Waals surface area contributed by atoms with E-state index in [4.69, 9.17) is 11.6 Å². The van der Waals surface area contributed by atoms with E-state index in [0.717, 1.165) is 0 Å². The van der Waals surface area contributed by atoms with E-state index < -0.39 is 20.9 Å². The molecular formula is C20H16ClN3O5S. The van der Waals surface area contributed by atoms with Crippen molar-refractivity contribution in [1.82, 2.24) is 0 Å². The molecule has 10 heteroatoms. The van der Waals surface area contributed by atoms with Gasteiger partial charge in [0, 0.05) is 22.9 Å². The van der Waals surface area contributed by atoms with E-state index in [2.05, 4.69) is 10.0 Å². The molecule has 0 aliphatic rings. The van der Waals surface area contributed by atoms with Crippen LogP contribution in [0.25, 0.3) is 0 Å². The molecular weight excluding hydrogens is 430 g/mol. The quantitative estimate of drug-likeness (QED) is 0.424. The van der Waals surface area contributed by atoms with Crippen LogP contribution in [0.2, 0.25) is 5.02 Å². The van der Waals surface area contributed by atoms with Crippen molar-refractivity contribution < 1.29 is 18.1 Å². The van der Waals surface area contributed by atoms with Crippen LogP contribution in [-0.4, -0.2) is 19.2 Å². The molecule has 0 atom stereocenters. The summed E-state index contributed by atoms with van der Waals surface area (Å²) in [4.78, 5) is 22.7. The van der Waals surface area contributed by atoms with Crippen LogP contribution in [0.15, 0.2) is 71.6 Å². The molecule has 0 spiro atoms. The average Bonchev–Trinajstić information content (AvgIpc) is 2.69. The van der Waals surface area contributed by atoms with Gasteiger partial charge in [0.15, 0.2) is 0 Å². The number of para-hydroxylation sites is 1. The van der Waals surface area contributed by atoms with Crippen molar-refractivity contribution in [3.8, 4) is 0 Å². The molecule has 0 aliphatic heterocycles. The Balaban J connectivity index is 1.74. The summed E-state index contributed by atoms with van der Waals surface area (Å²) in [6.07, 6.45) is 0. The minimum atomic E-state index is -3.86. The number of rotatable bonds is 6. The molecule has 0 unspecified atom stereocenters. The number of nitrogens with one attached hydrogen (secondary N) is 2. The highest BCUT2D eigenvalue weighted by Gasteiger charge is 2.17. The van der Waals surface area contributed by atoms with Crippen molar-refractivity contribution >= 4 is 44.6 Å². The number of sulfonamides is 1. The van der Waals surface area contributed by atoms with Gasteiger partial charge in [0.1, 0.15) is 0 Å². The van der Waals surface area contributed by atoms with Crippen LogP contribution < -0.4 is 10.0 Å². The molecule has 2 N–H and O–H groups in total. The molecule has 3 aromatic carbocycles. The predicted molar refractivity (Wildman–Crippen MR) is 114 cm³/mol.